The van der Waals surface area contributed by atoms with E-state index in [0.717, 1.165) is 11.1 Å². The fourth-order valence-electron chi connectivity index (χ4n) is 2.22. The third-order valence-electron chi connectivity index (χ3n) is 3.14. The van der Waals surface area contributed by atoms with Crippen LogP contribution in [0.15, 0.2) is 48.5 Å². The first kappa shape index (κ1) is 17.2. The van der Waals surface area contributed by atoms with Crippen LogP contribution in [0, 0.1) is 0 Å². The molecule has 1 N–H and O–H groups in total. The van der Waals surface area contributed by atoms with Gasteiger partial charge >= 0.3 is 0 Å². The molecule has 0 bridgehead atoms. The lowest BCUT2D eigenvalue weighted by Gasteiger charge is -2.27. The maximum atomic E-state index is 10.3. The zero-order chi connectivity index (χ0) is 15.9. The second-order valence-electron chi connectivity index (χ2n) is 4.63. The molecule has 0 radical (unpaired) electrons. The number of phenolic OH excluding ortho intramolecular Hbond substituents is 1. The van der Waals surface area contributed by atoms with E-state index in [-0.39, 0.29) is 11.4 Å². The third-order valence-corrected chi connectivity index (χ3v) is 5.42. The van der Waals surface area contributed by atoms with Gasteiger partial charge in [-0.1, -0.05) is 41.9 Å². The smallest absolute Gasteiger partial charge is 0.183 e. The Balaban J connectivity index is 2.48. The Morgan fingerprint density at radius 3 is 2.14 bits per heavy atom. The van der Waals surface area contributed by atoms with Crippen molar-refractivity contribution in [3.63, 3.8) is 0 Å². The number of rotatable bonds is 7. The van der Waals surface area contributed by atoms with Crippen LogP contribution in [-0.4, -0.2) is 18.3 Å². The van der Waals surface area contributed by atoms with E-state index in [1.54, 1.807) is 12.1 Å². The molecular weight excluding hydrogens is 319 g/mol. The predicted octanol–water partition coefficient (Wildman–Crippen LogP) is 5.52. The van der Waals surface area contributed by atoms with Crippen molar-refractivity contribution in [3.05, 3.63) is 64.7 Å². The summed E-state index contributed by atoms with van der Waals surface area (Å²) in [6, 6.07) is 14.9. The first-order valence-corrected chi connectivity index (χ1v) is 8.88. The lowest BCUT2D eigenvalue weighted by molar-refractivity contribution is 0.264. The molecule has 0 aliphatic heterocycles. The maximum Gasteiger partial charge on any atom is 0.183 e. The summed E-state index contributed by atoms with van der Waals surface area (Å²) >= 11 is 5.99. The Bertz CT molecular complexity index is 583. The first-order chi connectivity index (χ1) is 10.7. The average molecular weight is 339 g/mol. The summed E-state index contributed by atoms with van der Waals surface area (Å²) in [5.74, 6) is 0.245. The van der Waals surface area contributed by atoms with E-state index < -0.39 is 8.38 Å². The minimum absolute atomic E-state index is 0.159. The van der Waals surface area contributed by atoms with Crippen molar-refractivity contribution in [2.45, 2.75) is 19.5 Å². The maximum absolute atomic E-state index is 10.3. The van der Waals surface area contributed by atoms with Crippen molar-refractivity contribution < 1.29 is 14.2 Å². The van der Waals surface area contributed by atoms with E-state index in [2.05, 4.69) is 0 Å². The second-order valence-corrected chi connectivity index (χ2v) is 6.67. The predicted molar refractivity (Wildman–Crippen MR) is 91.6 cm³/mol. The molecule has 118 valence electrons. The van der Waals surface area contributed by atoms with Crippen LogP contribution in [-0.2, 0) is 9.05 Å². The highest BCUT2D eigenvalue weighted by Gasteiger charge is 2.29. The molecule has 0 spiro atoms. The van der Waals surface area contributed by atoms with Crippen LogP contribution < -0.4 is 0 Å². The number of hydrogen-bond acceptors (Lipinski definition) is 3. The van der Waals surface area contributed by atoms with Gasteiger partial charge < -0.3 is 14.2 Å². The molecule has 2 aromatic carbocycles. The normalized spacial score (nSPS) is 12.5. The van der Waals surface area contributed by atoms with Crippen molar-refractivity contribution in [1.29, 1.82) is 0 Å². The summed E-state index contributed by atoms with van der Waals surface area (Å²) < 4.78 is 11.7. The molecule has 0 aliphatic carbocycles. The van der Waals surface area contributed by atoms with E-state index >= 15 is 0 Å². The Hall–Kier alpha value is -1.12. The number of para-hydroxylation sites is 1. The highest BCUT2D eigenvalue weighted by atomic mass is 35.5. The van der Waals surface area contributed by atoms with E-state index in [9.17, 15) is 5.11 Å². The van der Waals surface area contributed by atoms with Gasteiger partial charge in [0.25, 0.3) is 0 Å². The van der Waals surface area contributed by atoms with Crippen molar-refractivity contribution in [2.24, 2.45) is 0 Å². The van der Waals surface area contributed by atoms with Crippen LogP contribution in [0.1, 0.15) is 30.6 Å². The highest BCUT2D eigenvalue weighted by molar-refractivity contribution is 7.48. The number of halogens is 1. The Morgan fingerprint density at radius 2 is 1.59 bits per heavy atom. The van der Waals surface area contributed by atoms with Gasteiger partial charge in [-0.25, -0.2) is 0 Å². The van der Waals surface area contributed by atoms with Crippen LogP contribution in [0.4, 0.5) is 0 Å². The summed E-state index contributed by atoms with van der Waals surface area (Å²) in [5, 5.41) is 10.9. The minimum atomic E-state index is -1.21. The highest BCUT2D eigenvalue weighted by Crippen LogP contribution is 2.57. The number of phenols is 1. The molecule has 0 aliphatic rings. The van der Waals surface area contributed by atoms with Gasteiger partial charge in [0.15, 0.2) is 8.38 Å². The van der Waals surface area contributed by atoms with Gasteiger partial charge in [-0.2, -0.15) is 0 Å². The van der Waals surface area contributed by atoms with Gasteiger partial charge in [-0.05, 0) is 37.6 Å². The first-order valence-electron chi connectivity index (χ1n) is 7.25. The van der Waals surface area contributed by atoms with Crippen molar-refractivity contribution in [1.82, 2.24) is 0 Å². The largest absolute Gasteiger partial charge is 0.508 e. The van der Waals surface area contributed by atoms with Crippen LogP contribution in [0.2, 0.25) is 5.02 Å². The molecule has 22 heavy (non-hydrogen) atoms. The molecule has 1 unspecified atom stereocenters. The summed E-state index contributed by atoms with van der Waals surface area (Å²) in [6.45, 7) is 5.00. The van der Waals surface area contributed by atoms with E-state index in [1.165, 1.54) is 0 Å². The minimum Gasteiger partial charge on any atom is -0.508 e. The summed E-state index contributed by atoms with van der Waals surface area (Å²) in [6.07, 6.45) is 0. The van der Waals surface area contributed by atoms with Crippen LogP contribution >= 0.6 is 20.0 Å². The quantitative estimate of drug-likeness (QED) is 0.675. The molecule has 0 amide bonds. The van der Waals surface area contributed by atoms with Crippen molar-refractivity contribution in [3.8, 4) is 5.75 Å². The summed E-state index contributed by atoms with van der Waals surface area (Å²) in [7, 11) is -1.21. The lowest BCUT2D eigenvalue weighted by Crippen LogP contribution is -2.05. The average Bonchev–Trinajstić information content (AvgIpc) is 2.52. The number of benzene rings is 2. The van der Waals surface area contributed by atoms with E-state index in [4.69, 9.17) is 20.6 Å². The second kappa shape index (κ2) is 8.50. The molecule has 2 rings (SSSR count). The van der Waals surface area contributed by atoms with E-state index in [1.807, 2.05) is 50.2 Å². The van der Waals surface area contributed by atoms with Gasteiger partial charge in [0.1, 0.15) is 5.75 Å². The fraction of sp³-hybridized carbons (Fsp3) is 0.294. The van der Waals surface area contributed by atoms with Crippen LogP contribution in [0.25, 0.3) is 0 Å². The standard InChI is InChI=1S/C17H20ClO3P/c1-3-20-22(21-4-2)17(13-9-11-14(18)12-10-13)15-7-5-6-8-16(15)19/h5-12,17,19H,3-4H2,1-2H3. The van der Waals surface area contributed by atoms with Gasteiger partial charge in [-0.3, -0.25) is 0 Å². The number of hydrogen-bond donors (Lipinski definition) is 1. The molecule has 0 fully saturated rings. The van der Waals surface area contributed by atoms with Crippen LogP contribution in [0.5, 0.6) is 5.75 Å². The van der Waals surface area contributed by atoms with Gasteiger partial charge in [0.05, 0.1) is 18.9 Å². The Labute approximate surface area is 137 Å². The Morgan fingerprint density at radius 1 is 1.00 bits per heavy atom. The molecule has 0 saturated heterocycles. The summed E-state index contributed by atoms with van der Waals surface area (Å²) in [5.41, 5.74) is 1.66. The van der Waals surface area contributed by atoms with Crippen molar-refractivity contribution >= 4 is 20.0 Å². The summed E-state index contributed by atoms with van der Waals surface area (Å²) in [4.78, 5) is 0. The molecule has 0 heterocycles. The fourth-order valence-corrected chi connectivity index (χ4v) is 4.09. The topological polar surface area (TPSA) is 38.7 Å². The van der Waals surface area contributed by atoms with Gasteiger partial charge in [0, 0.05) is 10.6 Å². The molecule has 0 aromatic heterocycles. The Kier molecular flexibility index (Phi) is 6.66. The SMILES string of the molecule is CCOP(OCC)C(c1ccc(Cl)cc1)c1ccccc1O. The molecule has 1 atom stereocenters. The molecular formula is C17H20ClO3P. The molecule has 2 aromatic rings. The van der Waals surface area contributed by atoms with E-state index in [0.29, 0.717) is 18.2 Å². The van der Waals surface area contributed by atoms with Crippen molar-refractivity contribution in [2.75, 3.05) is 13.2 Å². The monoisotopic (exact) mass is 338 g/mol. The van der Waals surface area contributed by atoms with Gasteiger partial charge in [-0.15, -0.1) is 0 Å². The molecule has 0 saturated carbocycles. The third kappa shape index (κ3) is 4.21. The molecule has 3 nitrogen and oxygen atoms in total. The molecule has 5 heteroatoms. The van der Waals surface area contributed by atoms with Crippen LogP contribution in [0.3, 0.4) is 0 Å². The lowest BCUT2D eigenvalue weighted by atomic mass is 10.0. The number of aromatic hydroxyl groups is 1. The zero-order valence-corrected chi connectivity index (χ0v) is 14.3. The van der Waals surface area contributed by atoms with Gasteiger partial charge in [0.2, 0.25) is 0 Å². The zero-order valence-electron chi connectivity index (χ0n) is 12.7.